The second-order valence-electron chi connectivity index (χ2n) is 4.66. The lowest BCUT2D eigenvalue weighted by Gasteiger charge is -2.36. The Kier molecular flexibility index (Phi) is 3.02. The molecular formula is C12H17NO2S. The molecule has 0 bridgehead atoms. The molecule has 1 aromatic rings. The van der Waals surface area contributed by atoms with Gasteiger partial charge >= 0.3 is 5.97 Å². The van der Waals surface area contributed by atoms with Crippen molar-refractivity contribution < 1.29 is 9.53 Å². The lowest BCUT2D eigenvalue weighted by atomic mass is 9.69. The molecular weight excluding hydrogens is 222 g/mol. The van der Waals surface area contributed by atoms with Crippen molar-refractivity contribution in [3.05, 3.63) is 16.1 Å². The van der Waals surface area contributed by atoms with Gasteiger partial charge in [0.25, 0.3) is 0 Å². The van der Waals surface area contributed by atoms with E-state index in [-0.39, 0.29) is 5.97 Å². The number of ether oxygens (including phenoxy) is 1. The van der Waals surface area contributed by atoms with Crippen molar-refractivity contribution in [3.8, 4) is 0 Å². The highest BCUT2D eigenvalue weighted by molar-refractivity contribution is 7.10. The summed E-state index contributed by atoms with van der Waals surface area (Å²) in [5, 5.41) is 3.00. The molecule has 0 amide bonds. The highest BCUT2D eigenvalue weighted by atomic mass is 32.1. The molecule has 1 heterocycles. The number of methoxy groups -OCH3 is 1. The maximum absolute atomic E-state index is 11.8. The van der Waals surface area contributed by atoms with Crippen LogP contribution in [0, 0.1) is 0 Å². The van der Waals surface area contributed by atoms with Gasteiger partial charge in [-0.05, 0) is 18.8 Å². The van der Waals surface area contributed by atoms with Gasteiger partial charge in [-0.15, -0.1) is 11.3 Å². The van der Waals surface area contributed by atoms with Crippen LogP contribution >= 0.6 is 11.3 Å². The molecule has 0 radical (unpaired) electrons. The molecule has 88 valence electrons. The van der Waals surface area contributed by atoms with E-state index in [2.05, 4.69) is 24.2 Å². The maximum Gasteiger partial charge on any atom is 0.318 e. The summed E-state index contributed by atoms with van der Waals surface area (Å²) in [6.07, 6.45) is 2.85. The van der Waals surface area contributed by atoms with E-state index in [1.165, 1.54) is 7.11 Å². The third-order valence-corrected chi connectivity index (χ3v) is 4.37. The Morgan fingerprint density at radius 3 is 2.62 bits per heavy atom. The minimum absolute atomic E-state index is 0.122. The molecule has 1 aromatic heterocycles. The molecule has 1 saturated carbocycles. The largest absolute Gasteiger partial charge is 0.468 e. The van der Waals surface area contributed by atoms with Crippen LogP contribution in [0.15, 0.2) is 5.38 Å². The average Bonchev–Trinajstić information content (AvgIpc) is 2.65. The Balaban J connectivity index is 2.30. The highest BCUT2D eigenvalue weighted by Crippen LogP contribution is 2.46. The first-order chi connectivity index (χ1) is 7.60. The first-order valence-electron chi connectivity index (χ1n) is 5.64. The quantitative estimate of drug-likeness (QED) is 0.761. The van der Waals surface area contributed by atoms with Gasteiger partial charge in [-0.1, -0.05) is 20.3 Å². The fourth-order valence-electron chi connectivity index (χ4n) is 2.00. The van der Waals surface area contributed by atoms with Crippen LogP contribution in [0.25, 0.3) is 0 Å². The number of carbonyl (C=O) groups is 1. The van der Waals surface area contributed by atoms with Crippen molar-refractivity contribution in [2.75, 3.05) is 7.11 Å². The van der Waals surface area contributed by atoms with Crippen LogP contribution in [0.2, 0.25) is 0 Å². The van der Waals surface area contributed by atoms with Gasteiger partial charge in [0.05, 0.1) is 12.8 Å². The van der Waals surface area contributed by atoms with Crippen LogP contribution in [-0.2, 0) is 14.9 Å². The van der Waals surface area contributed by atoms with Crippen molar-refractivity contribution in [1.29, 1.82) is 0 Å². The van der Waals surface area contributed by atoms with E-state index >= 15 is 0 Å². The lowest BCUT2D eigenvalue weighted by Crippen LogP contribution is -2.43. The van der Waals surface area contributed by atoms with Crippen molar-refractivity contribution in [2.24, 2.45) is 0 Å². The molecule has 0 aromatic carbocycles. The van der Waals surface area contributed by atoms with Gasteiger partial charge in [-0.2, -0.15) is 0 Å². The first-order valence-corrected chi connectivity index (χ1v) is 6.52. The third-order valence-electron chi connectivity index (χ3n) is 3.31. The number of nitrogens with zero attached hydrogens (tertiary/aromatic N) is 1. The van der Waals surface area contributed by atoms with Crippen molar-refractivity contribution in [1.82, 2.24) is 4.98 Å². The van der Waals surface area contributed by atoms with Crippen LogP contribution in [-0.4, -0.2) is 18.1 Å². The summed E-state index contributed by atoms with van der Waals surface area (Å²) in [6.45, 7) is 4.23. The number of aromatic nitrogens is 1. The third kappa shape index (κ3) is 1.65. The minimum atomic E-state index is -0.424. The van der Waals surface area contributed by atoms with Gasteiger partial charge in [-0.25, -0.2) is 4.98 Å². The Hall–Kier alpha value is -0.900. The Labute approximate surface area is 99.8 Å². The number of hydrogen-bond acceptors (Lipinski definition) is 4. The molecule has 0 saturated heterocycles. The van der Waals surface area contributed by atoms with E-state index in [1.807, 2.05) is 0 Å². The fraction of sp³-hybridized carbons (Fsp3) is 0.667. The van der Waals surface area contributed by atoms with Crippen molar-refractivity contribution in [3.63, 3.8) is 0 Å². The zero-order chi connectivity index (χ0) is 11.8. The second kappa shape index (κ2) is 4.17. The molecule has 1 fully saturated rings. The Morgan fingerprint density at radius 2 is 2.25 bits per heavy atom. The van der Waals surface area contributed by atoms with Crippen LogP contribution in [0.4, 0.5) is 0 Å². The predicted octanol–water partition coefficient (Wildman–Crippen LogP) is 2.86. The van der Waals surface area contributed by atoms with Crippen molar-refractivity contribution in [2.45, 2.75) is 44.4 Å². The number of carbonyl (C=O) groups excluding carboxylic acids is 1. The van der Waals surface area contributed by atoms with E-state index < -0.39 is 5.41 Å². The van der Waals surface area contributed by atoms with E-state index in [1.54, 1.807) is 11.3 Å². The average molecular weight is 239 g/mol. The molecule has 16 heavy (non-hydrogen) atoms. The van der Waals surface area contributed by atoms with Gasteiger partial charge in [0, 0.05) is 5.38 Å². The number of rotatable bonds is 3. The predicted molar refractivity (Wildman–Crippen MR) is 63.7 cm³/mol. The molecule has 1 aliphatic rings. The number of esters is 1. The zero-order valence-corrected chi connectivity index (χ0v) is 10.8. The van der Waals surface area contributed by atoms with Gasteiger partial charge in [0.2, 0.25) is 0 Å². The fourth-order valence-corrected chi connectivity index (χ4v) is 3.23. The summed E-state index contributed by atoms with van der Waals surface area (Å²) in [7, 11) is 1.46. The maximum atomic E-state index is 11.8. The molecule has 0 spiro atoms. The molecule has 3 nitrogen and oxygen atoms in total. The summed E-state index contributed by atoms with van der Waals surface area (Å²) >= 11 is 1.59. The van der Waals surface area contributed by atoms with Gasteiger partial charge in [0.15, 0.2) is 0 Å². The zero-order valence-electron chi connectivity index (χ0n) is 9.95. The second-order valence-corrected chi connectivity index (χ2v) is 5.52. The van der Waals surface area contributed by atoms with E-state index in [9.17, 15) is 4.79 Å². The molecule has 4 heteroatoms. The van der Waals surface area contributed by atoms with Crippen LogP contribution < -0.4 is 0 Å². The standard InChI is InChI=1S/C12H17NO2S/c1-8(2)9-7-16-10(13-9)12(5-4-6-12)11(14)15-3/h7-8H,4-6H2,1-3H3. The van der Waals surface area contributed by atoms with Crippen LogP contribution in [0.1, 0.15) is 49.7 Å². The molecule has 1 aliphatic carbocycles. The van der Waals surface area contributed by atoms with Gasteiger partial charge in [-0.3, -0.25) is 4.79 Å². The summed E-state index contributed by atoms with van der Waals surface area (Å²) in [5.74, 6) is 0.295. The Morgan fingerprint density at radius 1 is 1.56 bits per heavy atom. The van der Waals surface area contributed by atoms with Crippen LogP contribution in [0.3, 0.4) is 0 Å². The monoisotopic (exact) mass is 239 g/mol. The van der Waals surface area contributed by atoms with Crippen molar-refractivity contribution >= 4 is 17.3 Å². The summed E-state index contributed by atoms with van der Waals surface area (Å²) in [4.78, 5) is 16.4. The molecule has 0 aliphatic heterocycles. The van der Waals surface area contributed by atoms with Crippen LogP contribution in [0.5, 0.6) is 0 Å². The summed E-state index contributed by atoms with van der Waals surface area (Å²) in [6, 6.07) is 0. The van der Waals surface area contributed by atoms with E-state index in [0.717, 1.165) is 30.0 Å². The smallest absolute Gasteiger partial charge is 0.318 e. The Bertz CT molecular complexity index is 393. The SMILES string of the molecule is COC(=O)C1(c2nc(C(C)C)cs2)CCC1. The van der Waals surface area contributed by atoms with E-state index in [0.29, 0.717) is 5.92 Å². The normalized spacial score (nSPS) is 18.2. The molecule has 0 unspecified atom stereocenters. The topological polar surface area (TPSA) is 39.2 Å². The minimum Gasteiger partial charge on any atom is -0.468 e. The number of hydrogen-bond donors (Lipinski definition) is 0. The highest BCUT2D eigenvalue weighted by Gasteiger charge is 2.49. The summed E-state index contributed by atoms with van der Waals surface area (Å²) in [5.41, 5.74) is 0.655. The number of thiazole rings is 1. The molecule has 2 rings (SSSR count). The van der Waals surface area contributed by atoms with E-state index in [4.69, 9.17) is 4.74 Å². The van der Waals surface area contributed by atoms with Gasteiger partial charge in [0.1, 0.15) is 10.4 Å². The van der Waals surface area contributed by atoms with Gasteiger partial charge < -0.3 is 4.74 Å². The summed E-state index contributed by atoms with van der Waals surface area (Å²) < 4.78 is 4.91. The first kappa shape index (κ1) is 11.6. The molecule has 0 N–H and O–H groups in total. The molecule has 0 atom stereocenters. The lowest BCUT2D eigenvalue weighted by molar-refractivity contribution is -0.151.